The van der Waals surface area contributed by atoms with E-state index in [9.17, 15) is 4.39 Å². The maximum atomic E-state index is 14.4. The maximum Gasteiger partial charge on any atom is 0.108 e. The highest BCUT2D eigenvalue weighted by Crippen LogP contribution is 2.38. The van der Waals surface area contributed by atoms with E-state index in [1.165, 1.54) is 12.8 Å². The van der Waals surface area contributed by atoms with Crippen LogP contribution in [-0.4, -0.2) is 30.5 Å². The van der Waals surface area contributed by atoms with Crippen LogP contribution < -0.4 is 0 Å². The van der Waals surface area contributed by atoms with Crippen molar-refractivity contribution in [1.29, 1.82) is 0 Å². The normalized spacial score (nSPS) is 32.7. The molecule has 3 unspecified atom stereocenters. The summed E-state index contributed by atoms with van der Waals surface area (Å²) in [5.74, 6) is 0.689. The Morgan fingerprint density at radius 2 is 2.00 bits per heavy atom. The number of halogens is 2. The molecule has 124 valence electrons. The van der Waals surface area contributed by atoms with Gasteiger partial charge in [-0.1, -0.05) is 38.1 Å². The van der Waals surface area contributed by atoms with Gasteiger partial charge < -0.3 is 4.90 Å². The van der Waals surface area contributed by atoms with Crippen LogP contribution in [0.15, 0.2) is 28.9 Å². The second kappa shape index (κ2) is 7.63. The van der Waals surface area contributed by atoms with Gasteiger partial charge in [0.25, 0.3) is 0 Å². The number of nitrogens with zero attached hydrogens (tertiary/aromatic N) is 2. The van der Waals surface area contributed by atoms with Gasteiger partial charge in [0, 0.05) is 35.7 Å². The molecule has 0 spiro atoms. The van der Waals surface area contributed by atoms with Crippen molar-refractivity contribution in [2.24, 2.45) is 22.7 Å². The van der Waals surface area contributed by atoms with E-state index in [0.29, 0.717) is 29.3 Å². The third kappa shape index (κ3) is 4.34. The number of hydrogen-bond donors (Lipinski definition) is 0. The van der Waals surface area contributed by atoms with E-state index in [1.807, 2.05) is 13.4 Å². The van der Waals surface area contributed by atoms with Crippen molar-refractivity contribution in [3.8, 4) is 0 Å². The Hall–Kier alpha value is -0.830. The Balaban J connectivity index is 2.03. The number of rotatable bonds is 6. The van der Waals surface area contributed by atoms with Crippen LogP contribution in [0.3, 0.4) is 0 Å². The molecule has 22 heavy (non-hydrogen) atoms. The van der Waals surface area contributed by atoms with Crippen molar-refractivity contribution >= 4 is 17.9 Å². The Labute approximate surface area is 139 Å². The highest BCUT2D eigenvalue weighted by Gasteiger charge is 2.35. The van der Waals surface area contributed by atoms with E-state index in [-0.39, 0.29) is 5.92 Å². The lowest BCUT2D eigenvalue weighted by molar-refractivity contribution is 0.194. The van der Waals surface area contributed by atoms with E-state index in [2.05, 4.69) is 30.0 Å². The molecule has 0 aliphatic heterocycles. The van der Waals surface area contributed by atoms with Gasteiger partial charge in [0.1, 0.15) is 6.17 Å². The number of alkyl halides is 1. The molecule has 4 heteroatoms. The first kappa shape index (κ1) is 17.5. The zero-order chi connectivity index (χ0) is 16.3. The van der Waals surface area contributed by atoms with Gasteiger partial charge in [-0.25, -0.2) is 9.38 Å². The van der Waals surface area contributed by atoms with Crippen molar-refractivity contribution < 1.29 is 4.39 Å². The van der Waals surface area contributed by atoms with Crippen molar-refractivity contribution in [3.05, 3.63) is 23.9 Å². The molecular weight excluding hydrogens is 299 g/mol. The Kier molecular flexibility index (Phi) is 6.08. The van der Waals surface area contributed by atoms with Gasteiger partial charge in [0.2, 0.25) is 0 Å². The second-order valence-corrected chi connectivity index (χ2v) is 7.28. The van der Waals surface area contributed by atoms with Crippen molar-refractivity contribution in [2.75, 3.05) is 7.05 Å². The SMILES string of the molecule is C=C(N=CN(C)C1CCC(C(=C)Cl)[C@@H](F)CC1CC)C1CC1. The molecule has 2 saturated carbocycles. The smallest absolute Gasteiger partial charge is 0.108 e. The highest BCUT2D eigenvalue weighted by atomic mass is 35.5. The van der Waals surface area contributed by atoms with Crippen LogP contribution in [0.2, 0.25) is 0 Å². The van der Waals surface area contributed by atoms with Gasteiger partial charge in [-0.05, 0) is 38.0 Å². The molecule has 0 aromatic heterocycles. The van der Waals surface area contributed by atoms with Crippen LogP contribution in [-0.2, 0) is 0 Å². The van der Waals surface area contributed by atoms with Gasteiger partial charge in [-0.3, -0.25) is 0 Å². The van der Waals surface area contributed by atoms with Crippen LogP contribution in [0.25, 0.3) is 0 Å². The van der Waals surface area contributed by atoms with Crippen LogP contribution in [0.4, 0.5) is 4.39 Å². The molecule has 0 amide bonds. The fourth-order valence-electron chi connectivity index (χ4n) is 3.48. The molecule has 4 atom stereocenters. The molecule has 0 heterocycles. The van der Waals surface area contributed by atoms with Crippen LogP contribution in [0, 0.1) is 17.8 Å². The lowest BCUT2D eigenvalue weighted by Gasteiger charge is -2.31. The largest absolute Gasteiger partial charge is 0.362 e. The minimum absolute atomic E-state index is 0.215. The maximum absolute atomic E-state index is 14.4. The van der Waals surface area contributed by atoms with Gasteiger partial charge in [-0.15, -0.1) is 0 Å². The number of allylic oxidation sites excluding steroid dienone is 2. The summed E-state index contributed by atoms with van der Waals surface area (Å²) in [6.07, 6.45) is 6.63. The van der Waals surface area contributed by atoms with Crippen molar-refractivity contribution in [3.63, 3.8) is 0 Å². The predicted octanol–water partition coefficient (Wildman–Crippen LogP) is 5.16. The van der Waals surface area contributed by atoms with E-state index in [0.717, 1.165) is 25.0 Å². The van der Waals surface area contributed by atoms with Gasteiger partial charge in [0.05, 0.1) is 6.34 Å². The molecule has 2 aliphatic rings. The molecule has 0 aromatic rings. The quantitative estimate of drug-likeness (QED) is 0.374. The topological polar surface area (TPSA) is 15.6 Å². The first-order valence-electron chi connectivity index (χ1n) is 8.37. The zero-order valence-electron chi connectivity index (χ0n) is 13.8. The monoisotopic (exact) mass is 326 g/mol. The molecule has 2 aliphatic carbocycles. The fourth-order valence-corrected chi connectivity index (χ4v) is 3.72. The van der Waals surface area contributed by atoms with Crippen LogP contribution in [0.5, 0.6) is 0 Å². The summed E-state index contributed by atoms with van der Waals surface area (Å²) in [7, 11) is 2.04. The van der Waals surface area contributed by atoms with E-state index in [1.54, 1.807) is 0 Å². The summed E-state index contributed by atoms with van der Waals surface area (Å²) < 4.78 is 14.4. The third-order valence-corrected chi connectivity index (χ3v) is 5.47. The van der Waals surface area contributed by atoms with Gasteiger partial charge in [0.15, 0.2) is 0 Å². The first-order chi connectivity index (χ1) is 10.4. The summed E-state index contributed by atoms with van der Waals surface area (Å²) in [5, 5.41) is 0.460. The number of hydrogen-bond acceptors (Lipinski definition) is 1. The highest BCUT2D eigenvalue weighted by molar-refractivity contribution is 6.29. The minimum atomic E-state index is -0.883. The van der Waals surface area contributed by atoms with Crippen molar-refractivity contribution in [1.82, 2.24) is 4.90 Å². The average Bonchev–Trinajstić information content (AvgIpc) is 3.30. The average molecular weight is 327 g/mol. The third-order valence-electron chi connectivity index (χ3n) is 5.19. The minimum Gasteiger partial charge on any atom is -0.362 e. The van der Waals surface area contributed by atoms with E-state index >= 15 is 0 Å². The Bertz CT molecular complexity index is 444. The molecule has 2 rings (SSSR count). The summed E-state index contributed by atoms with van der Waals surface area (Å²) in [6.45, 7) is 9.91. The fraction of sp³-hybridized carbons (Fsp3) is 0.722. The predicted molar refractivity (Wildman–Crippen MR) is 92.9 cm³/mol. The Morgan fingerprint density at radius 1 is 1.32 bits per heavy atom. The van der Waals surface area contributed by atoms with Crippen LogP contribution in [0.1, 0.15) is 45.4 Å². The molecule has 0 aromatic carbocycles. The summed E-state index contributed by atoms with van der Waals surface area (Å²) in [6, 6.07) is 0.306. The molecule has 0 N–H and O–H groups in total. The molecule has 0 radical (unpaired) electrons. The van der Waals surface area contributed by atoms with Gasteiger partial charge in [-0.2, -0.15) is 0 Å². The van der Waals surface area contributed by atoms with Crippen LogP contribution >= 0.6 is 11.6 Å². The summed E-state index contributed by atoms with van der Waals surface area (Å²) >= 11 is 6.00. The Morgan fingerprint density at radius 3 is 2.55 bits per heavy atom. The zero-order valence-corrected chi connectivity index (χ0v) is 14.5. The van der Waals surface area contributed by atoms with E-state index in [4.69, 9.17) is 11.6 Å². The second-order valence-electron chi connectivity index (χ2n) is 6.79. The summed E-state index contributed by atoms with van der Waals surface area (Å²) in [5.41, 5.74) is 0.976. The van der Waals surface area contributed by atoms with Crippen molar-refractivity contribution in [2.45, 2.75) is 57.7 Å². The molecule has 0 saturated heterocycles. The summed E-state index contributed by atoms with van der Waals surface area (Å²) in [4.78, 5) is 6.65. The number of aliphatic imine (C=N–C) groups is 1. The first-order valence-corrected chi connectivity index (χ1v) is 8.75. The lowest BCUT2D eigenvalue weighted by Crippen LogP contribution is -2.36. The molecule has 2 fully saturated rings. The lowest BCUT2D eigenvalue weighted by atomic mass is 9.91. The standard InChI is InChI=1S/C18H28ClFN2/c1-5-14-10-17(20)16(12(2)19)8-9-18(14)22(4)11-21-13(3)15-6-7-15/h11,14-18H,2-3,5-10H2,1,4H3/t14?,16?,17-,18?/m0/s1. The van der Waals surface area contributed by atoms with E-state index < -0.39 is 6.17 Å². The molecule has 2 nitrogen and oxygen atoms in total. The molecular formula is C18H28ClFN2. The van der Waals surface area contributed by atoms with Gasteiger partial charge >= 0.3 is 0 Å². The molecule has 0 bridgehead atoms.